The Hall–Kier alpha value is -1.55. The van der Waals surface area contributed by atoms with E-state index < -0.39 is 0 Å². The Balaban J connectivity index is 2.31. The largest absolute Gasteiger partial charge is 0.494 e. The van der Waals surface area contributed by atoms with E-state index in [0.717, 1.165) is 30.0 Å². The predicted octanol–water partition coefficient (Wildman–Crippen LogP) is 1.75. The van der Waals surface area contributed by atoms with Gasteiger partial charge in [-0.2, -0.15) is 0 Å². The molecule has 1 heterocycles. The van der Waals surface area contributed by atoms with Crippen molar-refractivity contribution in [3.05, 3.63) is 23.8 Å². The van der Waals surface area contributed by atoms with Crippen molar-refractivity contribution in [3.63, 3.8) is 0 Å². The molecule has 2 rings (SSSR count). The van der Waals surface area contributed by atoms with Gasteiger partial charge in [-0.25, -0.2) is 0 Å². The lowest BCUT2D eigenvalue weighted by Crippen LogP contribution is -2.25. The highest BCUT2D eigenvalue weighted by atomic mass is 16.5. The Morgan fingerprint density at radius 3 is 2.89 bits per heavy atom. The second-order valence-electron chi connectivity index (χ2n) is 4.50. The summed E-state index contributed by atoms with van der Waals surface area (Å²) in [6.45, 7) is 3.44. The number of likely N-dealkylation sites (N-methyl/N-ethyl adjacent to an activating group) is 1. The number of anilines is 1. The maximum Gasteiger partial charge on any atom is 0.234 e. The van der Waals surface area contributed by atoms with Crippen LogP contribution in [0, 0.1) is 0 Å². The molecule has 0 bridgehead atoms. The van der Waals surface area contributed by atoms with Gasteiger partial charge in [-0.15, -0.1) is 0 Å². The number of hydrogen-bond donors (Lipinski definition) is 1. The molecule has 18 heavy (non-hydrogen) atoms. The first-order valence-electron chi connectivity index (χ1n) is 6.38. The Morgan fingerprint density at radius 1 is 1.44 bits per heavy atom. The molecule has 1 unspecified atom stereocenters. The molecule has 0 radical (unpaired) electrons. The number of amides is 1. The van der Waals surface area contributed by atoms with E-state index in [2.05, 4.69) is 5.32 Å². The van der Waals surface area contributed by atoms with Gasteiger partial charge in [-0.05, 0) is 50.7 Å². The molecular weight excluding hydrogens is 228 g/mol. The lowest BCUT2D eigenvalue weighted by atomic mass is 9.97. The molecule has 0 fully saturated rings. The van der Waals surface area contributed by atoms with Gasteiger partial charge in [-0.3, -0.25) is 4.79 Å². The van der Waals surface area contributed by atoms with Crippen molar-refractivity contribution < 1.29 is 9.53 Å². The first kappa shape index (κ1) is 12.9. The minimum Gasteiger partial charge on any atom is -0.494 e. The van der Waals surface area contributed by atoms with Crippen LogP contribution >= 0.6 is 0 Å². The molecule has 0 saturated heterocycles. The summed E-state index contributed by atoms with van der Waals surface area (Å²) in [5, 5.41) is 3.10. The van der Waals surface area contributed by atoms with Gasteiger partial charge in [0, 0.05) is 12.7 Å². The zero-order valence-electron chi connectivity index (χ0n) is 11.2. The Kier molecular flexibility index (Phi) is 3.87. The number of ether oxygens (including phenoxy) is 1. The zero-order valence-corrected chi connectivity index (χ0v) is 11.2. The second kappa shape index (κ2) is 5.40. The lowest BCUT2D eigenvalue weighted by molar-refractivity contribution is -0.119. The van der Waals surface area contributed by atoms with Crippen molar-refractivity contribution in [1.82, 2.24) is 5.32 Å². The standard InChI is InChI=1S/C14H20N2O2/c1-4-18-10-5-6-13-12(9-10)11(7-8-15-2)14(17)16(13)3/h5-6,9,11,15H,4,7-8H2,1-3H3. The van der Waals surface area contributed by atoms with Crippen molar-refractivity contribution in [3.8, 4) is 5.75 Å². The van der Waals surface area contributed by atoms with Crippen LogP contribution in [0.4, 0.5) is 5.69 Å². The fraction of sp³-hybridized carbons (Fsp3) is 0.500. The van der Waals surface area contributed by atoms with Crippen LogP contribution in [0.5, 0.6) is 5.75 Å². The van der Waals surface area contributed by atoms with E-state index in [9.17, 15) is 4.79 Å². The van der Waals surface area contributed by atoms with Gasteiger partial charge in [-0.1, -0.05) is 0 Å². The van der Waals surface area contributed by atoms with E-state index in [1.807, 2.05) is 39.2 Å². The summed E-state index contributed by atoms with van der Waals surface area (Å²) in [5.74, 6) is 0.973. The van der Waals surface area contributed by atoms with E-state index in [1.54, 1.807) is 4.90 Å². The van der Waals surface area contributed by atoms with Crippen molar-refractivity contribution in [1.29, 1.82) is 0 Å². The van der Waals surface area contributed by atoms with Gasteiger partial charge in [0.2, 0.25) is 5.91 Å². The van der Waals surface area contributed by atoms with Gasteiger partial charge in [0.15, 0.2) is 0 Å². The lowest BCUT2D eigenvalue weighted by Gasteiger charge is -2.10. The third-order valence-corrected chi connectivity index (χ3v) is 3.36. The van der Waals surface area contributed by atoms with Crippen LogP contribution in [0.15, 0.2) is 18.2 Å². The number of fused-ring (bicyclic) bond motifs is 1. The van der Waals surface area contributed by atoms with Crippen LogP contribution in [0.25, 0.3) is 0 Å². The highest BCUT2D eigenvalue weighted by Gasteiger charge is 2.34. The molecule has 4 heteroatoms. The molecule has 1 amide bonds. The van der Waals surface area contributed by atoms with Crippen LogP contribution in [0.1, 0.15) is 24.8 Å². The second-order valence-corrected chi connectivity index (χ2v) is 4.50. The van der Waals surface area contributed by atoms with Crippen molar-refractivity contribution in [2.45, 2.75) is 19.3 Å². The van der Waals surface area contributed by atoms with Gasteiger partial charge in [0.1, 0.15) is 5.75 Å². The normalized spacial score (nSPS) is 18.1. The number of hydrogen-bond acceptors (Lipinski definition) is 3. The summed E-state index contributed by atoms with van der Waals surface area (Å²) < 4.78 is 5.51. The molecule has 0 saturated carbocycles. The Labute approximate surface area is 108 Å². The molecule has 98 valence electrons. The van der Waals surface area contributed by atoms with Gasteiger partial charge in [0.25, 0.3) is 0 Å². The molecule has 1 aliphatic heterocycles. The molecule has 0 aromatic heterocycles. The van der Waals surface area contributed by atoms with Crippen molar-refractivity contribution >= 4 is 11.6 Å². The zero-order chi connectivity index (χ0) is 13.1. The van der Waals surface area contributed by atoms with Crippen LogP contribution in [0.3, 0.4) is 0 Å². The average molecular weight is 248 g/mol. The summed E-state index contributed by atoms with van der Waals surface area (Å²) in [4.78, 5) is 13.9. The van der Waals surface area contributed by atoms with Gasteiger partial charge < -0.3 is 15.0 Å². The smallest absolute Gasteiger partial charge is 0.234 e. The SMILES string of the molecule is CCOc1ccc2c(c1)C(CCNC)C(=O)N2C. The third kappa shape index (κ3) is 2.20. The maximum atomic E-state index is 12.2. The minimum atomic E-state index is -0.0437. The van der Waals surface area contributed by atoms with Gasteiger partial charge >= 0.3 is 0 Å². The van der Waals surface area contributed by atoms with E-state index in [0.29, 0.717) is 6.61 Å². The molecule has 1 N–H and O–H groups in total. The van der Waals surface area contributed by atoms with Crippen molar-refractivity contribution in [2.75, 3.05) is 32.1 Å². The topological polar surface area (TPSA) is 41.6 Å². The van der Waals surface area contributed by atoms with E-state index in [1.165, 1.54) is 0 Å². The van der Waals surface area contributed by atoms with E-state index >= 15 is 0 Å². The van der Waals surface area contributed by atoms with Crippen LogP contribution in [-0.2, 0) is 4.79 Å². The highest BCUT2D eigenvalue weighted by molar-refractivity contribution is 6.04. The van der Waals surface area contributed by atoms with Crippen LogP contribution in [-0.4, -0.2) is 33.2 Å². The molecule has 0 spiro atoms. The molecular formula is C14H20N2O2. The fourth-order valence-corrected chi connectivity index (χ4v) is 2.43. The fourth-order valence-electron chi connectivity index (χ4n) is 2.43. The molecule has 4 nitrogen and oxygen atoms in total. The quantitative estimate of drug-likeness (QED) is 0.863. The molecule has 0 aliphatic carbocycles. The molecule has 1 aromatic carbocycles. The molecule has 1 aliphatic rings. The Morgan fingerprint density at radius 2 is 2.22 bits per heavy atom. The molecule has 1 atom stereocenters. The number of carbonyl (C=O) groups excluding carboxylic acids is 1. The first-order chi connectivity index (χ1) is 8.69. The van der Waals surface area contributed by atoms with Gasteiger partial charge in [0.05, 0.1) is 12.5 Å². The summed E-state index contributed by atoms with van der Waals surface area (Å²) >= 11 is 0. The molecule has 1 aromatic rings. The van der Waals surface area contributed by atoms with Crippen LogP contribution < -0.4 is 15.0 Å². The van der Waals surface area contributed by atoms with E-state index in [-0.39, 0.29) is 11.8 Å². The van der Waals surface area contributed by atoms with E-state index in [4.69, 9.17) is 4.74 Å². The number of nitrogens with zero attached hydrogens (tertiary/aromatic N) is 1. The minimum absolute atomic E-state index is 0.0437. The third-order valence-electron chi connectivity index (χ3n) is 3.36. The summed E-state index contributed by atoms with van der Waals surface area (Å²) in [6.07, 6.45) is 0.822. The predicted molar refractivity (Wildman–Crippen MR) is 72.3 cm³/mol. The average Bonchev–Trinajstić information content (AvgIpc) is 2.60. The monoisotopic (exact) mass is 248 g/mol. The number of rotatable bonds is 5. The number of carbonyl (C=O) groups is 1. The maximum absolute atomic E-state index is 12.2. The summed E-state index contributed by atoms with van der Waals surface area (Å²) in [5.41, 5.74) is 2.09. The number of benzene rings is 1. The van der Waals surface area contributed by atoms with Crippen molar-refractivity contribution in [2.24, 2.45) is 0 Å². The first-order valence-corrected chi connectivity index (χ1v) is 6.38. The number of nitrogens with one attached hydrogen (secondary N) is 1. The summed E-state index contributed by atoms with van der Waals surface area (Å²) in [7, 11) is 3.74. The Bertz CT molecular complexity index is 445. The van der Waals surface area contributed by atoms with Crippen LogP contribution in [0.2, 0.25) is 0 Å². The highest BCUT2D eigenvalue weighted by Crippen LogP contribution is 2.40. The summed E-state index contributed by atoms with van der Waals surface area (Å²) in [6, 6.07) is 5.89.